The fourth-order valence-electron chi connectivity index (χ4n) is 2.84. The number of pyridine rings is 1. The number of alkyl halides is 2. The lowest BCUT2D eigenvalue weighted by atomic mass is 10.2. The van der Waals surface area contributed by atoms with Crippen LogP contribution in [0.5, 0.6) is 0 Å². The van der Waals surface area contributed by atoms with E-state index in [4.69, 9.17) is 0 Å². The number of anilines is 1. The molecule has 0 aliphatic heterocycles. The molecule has 8 heteroatoms. The molecule has 2 N–H and O–H groups in total. The van der Waals surface area contributed by atoms with E-state index in [2.05, 4.69) is 20.3 Å². The lowest BCUT2D eigenvalue weighted by Crippen LogP contribution is -2.36. The second-order valence-corrected chi connectivity index (χ2v) is 6.30. The van der Waals surface area contributed by atoms with Crippen LogP contribution in [0.15, 0.2) is 42.7 Å². The number of nitrogens with one attached hydrogen (secondary N) is 2. The van der Waals surface area contributed by atoms with Crippen LogP contribution in [0.2, 0.25) is 0 Å². The summed E-state index contributed by atoms with van der Waals surface area (Å²) in [7, 11) is 0. The highest BCUT2D eigenvalue weighted by atomic mass is 19.3. The van der Waals surface area contributed by atoms with Crippen LogP contribution in [-0.2, 0) is 6.54 Å². The molecule has 0 radical (unpaired) electrons. The number of carbonyl (C=O) groups is 1. The molecule has 0 spiro atoms. The van der Waals surface area contributed by atoms with E-state index in [1.807, 2.05) is 12.1 Å². The minimum atomic E-state index is -2.66. The first-order chi connectivity index (χ1) is 12.6. The molecule has 0 atom stereocenters. The Morgan fingerprint density at radius 1 is 1.27 bits per heavy atom. The molecule has 6 nitrogen and oxygen atoms in total. The quantitative estimate of drug-likeness (QED) is 0.722. The third kappa shape index (κ3) is 3.49. The lowest BCUT2D eigenvalue weighted by Gasteiger charge is -2.23. The van der Waals surface area contributed by atoms with E-state index in [9.17, 15) is 13.6 Å². The average molecular weight is 357 g/mol. The summed E-state index contributed by atoms with van der Waals surface area (Å²) in [6.07, 6.45) is 2.70. The number of H-pyrrole nitrogens is 1. The van der Waals surface area contributed by atoms with Gasteiger partial charge in [-0.25, -0.2) is 18.6 Å². The van der Waals surface area contributed by atoms with Crippen molar-refractivity contribution >= 4 is 22.8 Å². The summed E-state index contributed by atoms with van der Waals surface area (Å²) in [5, 5.41) is 2.85. The molecule has 2 heterocycles. The van der Waals surface area contributed by atoms with Gasteiger partial charge in [0.2, 0.25) is 0 Å². The van der Waals surface area contributed by atoms with E-state index in [1.165, 1.54) is 0 Å². The molecule has 1 aromatic carbocycles. The normalized spacial score (nSPS) is 14.0. The van der Waals surface area contributed by atoms with Gasteiger partial charge in [0.15, 0.2) is 5.82 Å². The summed E-state index contributed by atoms with van der Waals surface area (Å²) in [5.74, 6) is -0.374. The zero-order valence-electron chi connectivity index (χ0n) is 13.8. The number of amides is 2. The molecule has 1 saturated carbocycles. The van der Waals surface area contributed by atoms with E-state index in [1.54, 1.807) is 35.5 Å². The Morgan fingerprint density at radius 2 is 2.04 bits per heavy atom. The topological polar surface area (TPSA) is 73.9 Å². The fraction of sp³-hybridized carbons (Fsp3) is 0.278. The average Bonchev–Trinajstić information content (AvgIpc) is 3.38. The maximum atomic E-state index is 12.7. The van der Waals surface area contributed by atoms with Gasteiger partial charge in [-0.05, 0) is 48.7 Å². The SMILES string of the molecule is O=C(Nc1ccc2nc(C(F)F)[nH]c2c1)N(Cc1ccncc1)C1CC1. The van der Waals surface area contributed by atoms with Crippen LogP contribution in [0.4, 0.5) is 19.3 Å². The van der Waals surface area contributed by atoms with Gasteiger partial charge in [0.05, 0.1) is 11.0 Å². The minimum absolute atomic E-state index is 0.211. The number of halogens is 2. The highest BCUT2D eigenvalue weighted by molar-refractivity contribution is 5.92. The molecule has 2 aromatic heterocycles. The third-order valence-corrected chi connectivity index (χ3v) is 4.31. The van der Waals surface area contributed by atoms with Gasteiger partial charge in [-0.2, -0.15) is 0 Å². The van der Waals surface area contributed by atoms with Crippen molar-refractivity contribution in [3.8, 4) is 0 Å². The van der Waals surface area contributed by atoms with Gasteiger partial charge in [-0.1, -0.05) is 0 Å². The van der Waals surface area contributed by atoms with E-state index in [0.717, 1.165) is 18.4 Å². The van der Waals surface area contributed by atoms with E-state index < -0.39 is 6.43 Å². The Balaban J connectivity index is 1.51. The fourth-order valence-corrected chi connectivity index (χ4v) is 2.84. The number of aromatic amines is 1. The van der Waals surface area contributed by atoms with Crippen molar-refractivity contribution in [2.75, 3.05) is 5.32 Å². The molecule has 26 heavy (non-hydrogen) atoms. The van der Waals surface area contributed by atoms with Gasteiger partial charge in [0.25, 0.3) is 6.43 Å². The van der Waals surface area contributed by atoms with Gasteiger partial charge in [0.1, 0.15) is 0 Å². The number of aromatic nitrogens is 3. The number of rotatable bonds is 5. The van der Waals surface area contributed by atoms with E-state index in [0.29, 0.717) is 23.3 Å². The zero-order valence-corrected chi connectivity index (χ0v) is 13.8. The Bertz CT molecular complexity index is 924. The number of benzene rings is 1. The van der Waals surface area contributed by atoms with Gasteiger partial charge in [0, 0.05) is 30.7 Å². The Labute approximate surface area is 148 Å². The first-order valence-electron chi connectivity index (χ1n) is 8.34. The number of imidazole rings is 1. The minimum Gasteiger partial charge on any atom is -0.337 e. The van der Waals surface area contributed by atoms with Crippen molar-refractivity contribution < 1.29 is 13.6 Å². The molecule has 2 amide bonds. The third-order valence-electron chi connectivity index (χ3n) is 4.31. The predicted octanol–water partition coefficient (Wildman–Crippen LogP) is 4.09. The van der Waals surface area contributed by atoms with Crippen molar-refractivity contribution in [1.29, 1.82) is 0 Å². The van der Waals surface area contributed by atoms with Gasteiger partial charge >= 0.3 is 6.03 Å². The summed E-state index contributed by atoms with van der Waals surface area (Å²) in [6.45, 7) is 0.501. The zero-order chi connectivity index (χ0) is 18.1. The smallest absolute Gasteiger partial charge is 0.322 e. The highest BCUT2D eigenvalue weighted by Crippen LogP contribution is 2.29. The summed E-state index contributed by atoms with van der Waals surface area (Å²) in [4.78, 5) is 24.9. The largest absolute Gasteiger partial charge is 0.337 e. The summed E-state index contributed by atoms with van der Waals surface area (Å²) >= 11 is 0. The van der Waals surface area contributed by atoms with Crippen LogP contribution < -0.4 is 5.32 Å². The lowest BCUT2D eigenvalue weighted by molar-refractivity contribution is 0.142. The highest BCUT2D eigenvalue weighted by Gasteiger charge is 2.32. The van der Waals surface area contributed by atoms with E-state index in [-0.39, 0.29) is 17.9 Å². The maximum absolute atomic E-state index is 12.7. The van der Waals surface area contributed by atoms with Crippen LogP contribution >= 0.6 is 0 Å². The molecule has 1 aliphatic carbocycles. The molecule has 0 bridgehead atoms. The van der Waals surface area contributed by atoms with Crippen molar-refractivity contribution in [2.45, 2.75) is 31.9 Å². The van der Waals surface area contributed by atoms with Crippen LogP contribution in [0.1, 0.15) is 30.7 Å². The standard InChI is InChI=1S/C18H17F2N5O/c19-16(20)17-23-14-4-1-12(9-15(14)24-17)22-18(26)25(13-2-3-13)10-11-5-7-21-8-6-11/h1,4-9,13,16H,2-3,10H2,(H,22,26)(H,23,24). The molecule has 1 fully saturated rings. The first kappa shape index (κ1) is 16.4. The number of carbonyl (C=O) groups excluding carboxylic acids is 1. The molecule has 134 valence electrons. The maximum Gasteiger partial charge on any atom is 0.322 e. The molecule has 0 unspecified atom stereocenters. The first-order valence-corrected chi connectivity index (χ1v) is 8.34. The predicted molar refractivity (Wildman–Crippen MR) is 92.9 cm³/mol. The number of nitrogens with zero attached hydrogens (tertiary/aromatic N) is 3. The second-order valence-electron chi connectivity index (χ2n) is 6.30. The van der Waals surface area contributed by atoms with Crippen LogP contribution in [-0.4, -0.2) is 31.9 Å². The number of fused-ring (bicyclic) bond motifs is 1. The Hall–Kier alpha value is -3.03. The monoisotopic (exact) mass is 357 g/mol. The Morgan fingerprint density at radius 3 is 2.73 bits per heavy atom. The van der Waals surface area contributed by atoms with Crippen LogP contribution in [0, 0.1) is 0 Å². The Kier molecular flexibility index (Phi) is 4.24. The van der Waals surface area contributed by atoms with Crippen LogP contribution in [0.3, 0.4) is 0 Å². The molecular weight excluding hydrogens is 340 g/mol. The molecule has 1 aliphatic rings. The summed E-state index contributed by atoms with van der Waals surface area (Å²) in [5.41, 5.74) is 2.44. The molecule has 4 rings (SSSR count). The van der Waals surface area contributed by atoms with Crippen molar-refractivity contribution in [2.24, 2.45) is 0 Å². The van der Waals surface area contributed by atoms with Crippen LogP contribution in [0.25, 0.3) is 11.0 Å². The number of urea groups is 1. The van der Waals surface area contributed by atoms with Crippen molar-refractivity contribution in [3.05, 3.63) is 54.1 Å². The van der Waals surface area contributed by atoms with Gasteiger partial charge < -0.3 is 15.2 Å². The number of hydrogen-bond acceptors (Lipinski definition) is 3. The number of hydrogen-bond donors (Lipinski definition) is 2. The molecular formula is C18H17F2N5O. The van der Waals surface area contributed by atoms with Gasteiger partial charge in [-0.15, -0.1) is 0 Å². The molecule has 3 aromatic rings. The van der Waals surface area contributed by atoms with Crippen molar-refractivity contribution in [1.82, 2.24) is 19.9 Å². The van der Waals surface area contributed by atoms with E-state index >= 15 is 0 Å². The van der Waals surface area contributed by atoms with Gasteiger partial charge in [-0.3, -0.25) is 4.98 Å². The molecule has 0 saturated heterocycles. The van der Waals surface area contributed by atoms with Crippen molar-refractivity contribution in [3.63, 3.8) is 0 Å². The summed E-state index contributed by atoms with van der Waals surface area (Å²) < 4.78 is 25.5. The summed E-state index contributed by atoms with van der Waals surface area (Å²) in [6, 6.07) is 8.66. The second kappa shape index (κ2) is 6.70.